The molecular formula is C33H33ClFNO3S. The van der Waals surface area contributed by atoms with Crippen molar-refractivity contribution < 1.29 is 19.0 Å². The van der Waals surface area contributed by atoms with E-state index >= 15 is 0 Å². The third-order valence-corrected chi connectivity index (χ3v) is 7.44. The lowest BCUT2D eigenvalue weighted by molar-refractivity contribution is 0.302. The Morgan fingerprint density at radius 2 is 1.68 bits per heavy atom. The summed E-state index contributed by atoms with van der Waals surface area (Å²) in [6, 6.07) is 21.2. The summed E-state index contributed by atoms with van der Waals surface area (Å²) in [5, 5.41) is 14.2. The zero-order valence-corrected chi connectivity index (χ0v) is 24.8. The number of phenolic OH excluding ortho intramolecular Hbond substituents is 1. The highest BCUT2D eigenvalue weighted by Gasteiger charge is 2.27. The number of anilines is 1. The fourth-order valence-electron chi connectivity index (χ4n) is 4.83. The summed E-state index contributed by atoms with van der Waals surface area (Å²) < 4.78 is 25.5. The van der Waals surface area contributed by atoms with Gasteiger partial charge in [-0.05, 0) is 80.8 Å². The first-order valence-electron chi connectivity index (χ1n) is 12.8. The van der Waals surface area contributed by atoms with Crippen LogP contribution in [0.15, 0.2) is 83.8 Å². The lowest BCUT2D eigenvalue weighted by Crippen LogP contribution is -2.32. The second-order valence-corrected chi connectivity index (χ2v) is 11.1. The first kappa shape index (κ1) is 29.4. The molecule has 0 atom stereocenters. The highest BCUT2D eigenvalue weighted by atomic mass is 35.5. The molecule has 208 valence electrons. The summed E-state index contributed by atoms with van der Waals surface area (Å²) in [6.07, 6.45) is 2.20. The van der Waals surface area contributed by atoms with Crippen molar-refractivity contribution in [3.05, 3.63) is 106 Å². The second kappa shape index (κ2) is 12.3. The maximum Gasteiger partial charge on any atom is 0.130 e. The van der Waals surface area contributed by atoms with E-state index in [1.165, 1.54) is 12.1 Å². The van der Waals surface area contributed by atoms with Crippen molar-refractivity contribution in [3.63, 3.8) is 0 Å². The van der Waals surface area contributed by atoms with Crippen LogP contribution in [0.3, 0.4) is 0 Å². The van der Waals surface area contributed by atoms with Crippen LogP contribution in [0.25, 0.3) is 16.7 Å². The van der Waals surface area contributed by atoms with Gasteiger partial charge in [-0.1, -0.05) is 41.9 Å². The van der Waals surface area contributed by atoms with Gasteiger partial charge in [-0.25, -0.2) is 4.39 Å². The molecule has 0 unspecified atom stereocenters. The van der Waals surface area contributed by atoms with Gasteiger partial charge in [-0.2, -0.15) is 0 Å². The summed E-state index contributed by atoms with van der Waals surface area (Å²) in [5.74, 6) is 0.882. The molecule has 0 bridgehead atoms. The average Bonchev–Trinajstić information content (AvgIpc) is 2.90. The van der Waals surface area contributed by atoms with Crippen LogP contribution < -0.4 is 14.8 Å². The van der Waals surface area contributed by atoms with Gasteiger partial charge in [0.15, 0.2) is 0 Å². The number of fused-ring (bicyclic) bond motifs is 1. The number of aromatic hydroxyl groups is 1. The molecule has 5 rings (SSSR count). The van der Waals surface area contributed by atoms with Gasteiger partial charge in [-0.3, -0.25) is 0 Å². The summed E-state index contributed by atoms with van der Waals surface area (Å²) in [7, 11) is 1.58. The molecule has 2 N–H and O–H groups in total. The van der Waals surface area contributed by atoms with Crippen LogP contribution in [-0.2, 0) is 6.61 Å². The Bertz CT molecular complexity index is 1550. The van der Waals surface area contributed by atoms with E-state index < -0.39 is 0 Å². The molecule has 0 amide bonds. The van der Waals surface area contributed by atoms with Crippen molar-refractivity contribution in [2.75, 3.05) is 12.4 Å². The molecule has 0 aliphatic carbocycles. The molecule has 1 heterocycles. The Balaban J connectivity index is 0.000000398. The van der Waals surface area contributed by atoms with Crippen LogP contribution in [0.5, 0.6) is 17.2 Å². The van der Waals surface area contributed by atoms with Crippen molar-refractivity contribution >= 4 is 35.5 Å². The van der Waals surface area contributed by atoms with Gasteiger partial charge in [-0.15, -0.1) is 12.6 Å². The topological polar surface area (TPSA) is 50.7 Å². The number of benzene rings is 4. The summed E-state index contributed by atoms with van der Waals surface area (Å²) in [4.78, 5) is 0.828. The van der Waals surface area contributed by atoms with E-state index in [0.29, 0.717) is 16.5 Å². The number of hydrogen-bond acceptors (Lipinski definition) is 5. The minimum Gasteiger partial charge on any atom is -0.508 e. The van der Waals surface area contributed by atoms with Crippen LogP contribution in [-0.4, -0.2) is 17.8 Å². The van der Waals surface area contributed by atoms with Crippen molar-refractivity contribution in [2.24, 2.45) is 0 Å². The molecule has 0 fully saturated rings. The molecule has 4 aromatic rings. The van der Waals surface area contributed by atoms with E-state index in [1.54, 1.807) is 25.3 Å². The van der Waals surface area contributed by atoms with Crippen LogP contribution in [0, 0.1) is 12.7 Å². The van der Waals surface area contributed by atoms with Gasteiger partial charge in [0.2, 0.25) is 0 Å². The first-order chi connectivity index (χ1) is 19.0. The highest BCUT2D eigenvalue weighted by molar-refractivity contribution is 7.80. The summed E-state index contributed by atoms with van der Waals surface area (Å²) >= 11 is 9.70. The standard InChI is InChI=1S/C27H28FNO3.C6H5ClS/c1-16-6-7-18(28)12-24(16)32-15-22-20(21-9-8-19(30)13-25(21)31-5)10-11-23-26(22)17(2)14-27(3,4)29-23;7-5-3-1-2-4-6(5)8/h6-14,29-30H,15H2,1-5H3;1-4,8H. The zero-order valence-electron chi connectivity index (χ0n) is 23.2. The number of allylic oxidation sites excluding steroid dienone is 1. The zero-order chi connectivity index (χ0) is 29.0. The molecule has 0 radical (unpaired) electrons. The minimum atomic E-state index is -0.333. The second-order valence-electron chi connectivity index (χ2n) is 10.2. The smallest absolute Gasteiger partial charge is 0.130 e. The van der Waals surface area contributed by atoms with E-state index in [4.69, 9.17) is 21.1 Å². The van der Waals surface area contributed by atoms with Crippen molar-refractivity contribution in [2.45, 2.75) is 44.7 Å². The largest absolute Gasteiger partial charge is 0.508 e. The lowest BCUT2D eigenvalue weighted by Gasteiger charge is -2.33. The fraction of sp³-hybridized carbons (Fsp3) is 0.212. The van der Waals surface area contributed by atoms with Crippen LogP contribution in [0.2, 0.25) is 5.02 Å². The Labute approximate surface area is 245 Å². The van der Waals surface area contributed by atoms with Crippen molar-refractivity contribution in [1.82, 2.24) is 0 Å². The molecule has 40 heavy (non-hydrogen) atoms. The van der Waals surface area contributed by atoms with Crippen molar-refractivity contribution in [1.29, 1.82) is 0 Å². The van der Waals surface area contributed by atoms with E-state index in [9.17, 15) is 9.50 Å². The average molecular weight is 578 g/mol. The van der Waals surface area contributed by atoms with Crippen molar-refractivity contribution in [3.8, 4) is 28.4 Å². The molecular weight excluding hydrogens is 545 g/mol. The molecule has 0 spiro atoms. The van der Waals surface area contributed by atoms with Gasteiger partial charge in [0.05, 0.1) is 17.7 Å². The van der Waals surface area contributed by atoms with E-state index in [0.717, 1.165) is 44.0 Å². The Hall–Kier alpha value is -3.61. The summed E-state index contributed by atoms with van der Waals surface area (Å²) in [6.45, 7) is 8.50. The summed E-state index contributed by atoms with van der Waals surface area (Å²) in [5.41, 5.74) is 6.66. The third-order valence-electron chi connectivity index (χ3n) is 6.59. The number of aryl methyl sites for hydroxylation is 1. The number of methoxy groups -OCH3 is 1. The third kappa shape index (κ3) is 6.75. The predicted molar refractivity (Wildman–Crippen MR) is 166 cm³/mol. The molecule has 1 aliphatic rings. The van der Waals surface area contributed by atoms with Crippen LogP contribution >= 0.6 is 24.2 Å². The van der Waals surface area contributed by atoms with Gasteiger partial charge < -0.3 is 19.9 Å². The number of rotatable bonds is 5. The Morgan fingerprint density at radius 3 is 2.35 bits per heavy atom. The lowest BCUT2D eigenvalue weighted by atomic mass is 9.85. The molecule has 0 saturated carbocycles. The van der Waals surface area contributed by atoms with E-state index in [1.807, 2.05) is 43.3 Å². The number of ether oxygens (including phenoxy) is 2. The highest BCUT2D eigenvalue weighted by Crippen LogP contribution is 2.43. The Morgan fingerprint density at radius 1 is 0.950 bits per heavy atom. The molecule has 0 aromatic heterocycles. The number of halogens is 2. The van der Waals surface area contributed by atoms with Gasteiger partial charge >= 0.3 is 0 Å². The maximum atomic E-state index is 13.8. The number of hydrogen-bond donors (Lipinski definition) is 3. The SMILES string of the molecule is COc1cc(O)ccc1-c1ccc2c(c1COc1cc(F)ccc1C)C(C)=CC(C)(C)N2.Sc1ccccc1Cl. The monoisotopic (exact) mass is 577 g/mol. The predicted octanol–water partition coefficient (Wildman–Crippen LogP) is 9.33. The van der Waals surface area contributed by atoms with Crippen LogP contribution in [0.4, 0.5) is 10.1 Å². The van der Waals surface area contributed by atoms with Gasteiger partial charge in [0.25, 0.3) is 0 Å². The maximum absolute atomic E-state index is 13.8. The number of nitrogens with one attached hydrogen (secondary N) is 1. The molecule has 1 aliphatic heterocycles. The fourth-order valence-corrected chi connectivity index (χ4v) is 5.13. The first-order valence-corrected chi connectivity index (χ1v) is 13.7. The molecule has 4 aromatic carbocycles. The van der Waals surface area contributed by atoms with E-state index in [2.05, 4.69) is 50.9 Å². The minimum absolute atomic E-state index is 0.135. The Kier molecular flexibility index (Phi) is 9.02. The van der Waals surface area contributed by atoms with Gasteiger partial charge in [0, 0.05) is 39.4 Å². The number of phenols is 1. The molecule has 7 heteroatoms. The molecule has 0 saturated heterocycles. The van der Waals surface area contributed by atoms with Gasteiger partial charge in [0.1, 0.15) is 29.7 Å². The van der Waals surface area contributed by atoms with Crippen LogP contribution in [0.1, 0.15) is 37.5 Å². The normalized spacial score (nSPS) is 13.2. The molecule has 4 nitrogen and oxygen atoms in total. The quantitative estimate of drug-likeness (QED) is 0.207. The number of thiol groups is 1. The van der Waals surface area contributed by atoms with E-state index in [-0.39, 0.29) is 23.7 Å².